The molecule has 2 aromatic rings. The van der Waals surface area contributed by atoms with Crippen molar-refractivity contribution in [1.29, 1.82) is 0 Å². The number of hydrogen-bond donors (Lipinski definition) is 1. The Morgan fingerprint density at radius 2 is 1.63 bits per heavy atom. The first-order valence-corrected chi connectivity index (χ1v) is 9.69. The number of benzene rings is 2. The number of nitrogens with zero attached hydrogens (tertiary/aromatic N) is 2. The number of carbonyl (C=O) groups excluding carboxylic acids is 1. The van der Waals surface area contributed by atoms with Gasteiger partial charge in [0, 0.05) is 52.2 Å². The van der Waals surface area contributed by atoms with E-state index in [0.29, 0.717) is 19.4 Å². The van der Waals surface area contributed by atoms with E-state index in [1.54, 1.807) is 6.07 Å². The minimum atomic E-state index is -0.251. The number of aryl methyl sites for hydroxylation is 1. The van der Waals surface area contributed by atoms with Gasteiger partial charge in [-0.1, -0.05) is 42.5 Å². The smallest absolute Gasteiger partial charge is 0.220 e. The molecular formula is C22H28FN3O. The molecule has 0 unspecified atom stereocenters. The largest absolute Gasteiger partial charge is 0.355 e. The fraction of sp³-hybridized carbons (Fsp3) is 0.409. The van der Waals surface area contributed by atoms with E-state index >= 15 is 0 Å². The standard InChI is InChI=1S/C22H28FN3O/c23-21-8-4-7-19(17-21)9-10-22(27)24-11-12-25-13-15-26(16-14-25)18-20-5-2-1-3-6-20/h1-8,17H,9-16,18H2,(H,24,27). The van der Waals surface area contributed by atoms with Gasteiger partial charge in [0.1, 0.15) is 5.82 Å². The molecule has 1 aliphatic rings. The Morgan fingerprint density at radius 3 is 2.37 bits per heavy atom. The van der Waals surface area contributed by atoms with Crippen LogP contribution >= 0.6 is 0 Å². The van der Waals surface area contributed by atoms with Crippen LogP contribution in [0.1, 0.15) is 17.5 Å². The molecule has 0 atom stereocenters. The third-order valence-corrected chi connectivity index (χ3v) is 4.99. The highest BCUT2D eigenvalue weighted by atomic mass is 19.1. The number of rotatable bonds is 8. The summed E-state index contributed by atoms with van der Waals surface area (Å²) in [4.78, 5) is 16.8. The Labute approximate surface area is 161 Å². The van der Waals surface area contributed by atoms with Crippen LogP contribution in [0.15, 0.2) is 54.6 Å². The number of hydrogen-bond acceptors (Lipinski definition) is 3. The minimum Gasteiger partial charge on any atom is -0.355 e. The van der Waals surface area contributed by atoms with Crippen LogP contribution in [0.5, 0.6) is 0 Å². The minimum absolute atomic E-state index is 0.0296. The maximum Gasteiger partial charge on any atom is 0.220 e. The van der Waals surface area contributed by atoms with E-state index < -0.39 is 0 Å². The summed E-state index contributed by atoms with van der Waals surface area (Å²) in [5.41, 5.74) is 2.22. The summed E-state index contributed by atoms with van der Waals surface area (Å²) in [5, 5.41) is 2.98. The van der Waals surface area contributed by atoms with Gasteiger partial charge in [-0.3, -0.25) is 14.6 Å². The van der Waals surface area contributed by atoms with E-state index in [0.717, 1.165) is 44.8 Å². The lowest BCUT2D eigenvalue weighted by Gasteiger charge is -2.34. The van der Waals surface area contributed by atoms with Gasteiger partial charge in [-0.05, 0) is 29.7 Å². The Hall–Kier alpha value is -2.24. The van der Waals surface area contributed by atoms with Crippen molar-refractivity contribution in [3.05, 3.63) is 71.5 Å². The van der Waals surface area contributed by atoms with Crippen molar-refractivity contribution in [2.75, 3.05) is 39.3 Å². The average molecular weight is 369 g/mol. The van der Waals surface area contributed by atoms with Gasteiger partial charge in [0.05, 0.1) is 0 Å². The molecule has 4 nitrogen and oxygen atoms in total. The van der Waals surface area contributed by atoms with Gasteiger partial charge in [-0.25, -0.2) is 4.39 Å². The molecule has 0 radical (unpaired) electrons. The highest BCUT2D eigenvalue weighted by molar-refractivity contribution is 5.76. The summed E-state index contributed by atoms with van der Waals surface area (Å²) in [6.45, 7) is 6.74. The summed E-state index contributed by atoms with van der Waals surface area (Å²) in [6, 6.07) is 17.0. The predicted molar refractivity (Wildman–Crippen MR) is 106 cm³/mol. The molecule has 1 heterocycles. The van der Waals surface area contributed by atoms with Crippen LogP contribution in [-0.4, -0.2) is 55.0 Å². The average Bonchev–Trinajstić information content (AvgIpc) is 2.69. The van der Waals surface area contributed by atoms with Gasteiger partial charge in [0.25, 0.3) is 0 Å². The van der Waals surface area contributed by atoms with Crippen molar-refractivity contribution in [2.45, 2.75) is 19.4 Å². The zero-order valence-electron chi connectivity index (χ0n) is 15.7. The Balaban J connectivity index is 1.28. The molecule has 0 aliphatic carbocycles. The molecule has 144 valence electrons. The number of carbonyl (C=O) groups is 1. The zero-order valence-corrected chi connectivity index (χ0v) is 15.7. The molecule has 27 heavy (non-hydrogen) atoms. The quantitative estimate of drug-likeness (QED) is 0.777. The third kappa shape index (κ3) is 6.77. The Morgan fingerprint density at radius 1 is 0.926 bits per heavy atom. The van der Waals surface area contributed by atoms with Crippen LogP contribution < -0.4 is 5.32 Å². The number of halogens is 1. The monoisotopic (exact) mass is 369 g/mol. The van der Waals surface area contributed by atoms with Gasteiger partial charge in [-0.2, -0.15) is 0 Å². The lowest BCUT2D eigenvalue weighted by molar-refractivity contribution is -0.121. The predicted octanol–water partition coefficient (Wildman–Crippen LogP) is 2.69. The van der Waals surface area contributed by atoms with Crippen LogP contribution in [0.2, 0.25) is 0 Å². The van der Waals surface area contributed by atoms with Crippen molar-refractivity contribution in [3.63, 3.8) is 0 Å². The van der Waals surface area contributed by atoms with E-state index in [1.165, 1.54) is 17.7 Å². The molecule has 1 fully saturated rings. The lowest BCUT2D eigenvalue weighted by Crippen LogP contribution is -2.48. The fourth-order valence-corrected chi connectivity index (χ4v) is 3.40. The second-order valence-electron chi connectivity index (χ2n) is 7.08. The highest BCUT2D eigenvalue weighted by Crippen LogP contribution is 2.08. The molecule has 3 rings (SSSR count). The van der Waals surface area contributed by atoms with E-state index in [2.05, 4.69) is 39.4 Å². The molecule has 2 aromatic carbocycles. The zero-order chi connectivity index (χ0) is 18.9. The van der Waals surface area contributed by atoms with Crippen LogP contribution in [0.3, 0.4) is 0 Å². The molecule has 0 saturated carbocycles. The molecule has 1 amide bonds. The maximum absolute atomic E-state index is 13.1. The molecule has 0 aromatic heterocycles. The van der Waals surface area contributed by atoms with Crippen molar-refractivity contribution >= 4 is 5.91 Å². The van der Waals surface area contributed by atoms with E-state index in [-0.39, 0.29) is 11.7 Å². The molecule has 5 heteroatoms. The number of amides is 1. The van der Waals surface area contributed by atoms with E-state index in [1.807, 2.05) is 12.1 Å². The van der Waals surface area contributed by atoms with Gasteiger partial charge >= 0.3 is 0 Å². The fourth-order valence-electron chi connectivity index (χ4n) is 3.40. The van der Waals surface area contributed by atoms with Gasteiger partial charge < -0.3 is 5.32 Å². The maximum atomic E-state index is 13.1. The highest BCUT2D eigenvalue weighted by Gasteiger charge is 2.16. The van der Waals surface area contributed by atoms with Crippen molar-refractivity contribution in [2.24, 2.45) is 0 Å². The SMILES string of the molecule is O=C(CCc1cccc(F)c1)NCCN1CCN(Cc2ccccc2)CC1. The molecule has 0 spiro atoms. The molecule has 1 N–H and O–H groups in total. The third-order valence-electron chi connectivity index (χ3n) is 4.99. The molecular weight excluding hydrogens is 341 g/mol. The normalized spacial score (nSPS) is 15.6. The summed E-state index contributed by atoms with van der Waals surface area (Å²) in [5.74, 6) is -0.221. The first kappa shape index (κ1) is 19.5. The van der Waals surface area contributed by atoms with Crippen molar-refractivity contribution in [1.82, 2.24) is 15.1 Å². The van der Waals surface area contributed by atoms with Gasteiger partial charge in [-0.15, -0.1) is 0 Å². The molecule has 1 saturated heterocycles. The topological polar surface area (TPSA) is 35.6 Å². The Bertz CT molecular complexity index is 715. The van der Waals surface area contributed by atoms with E-state index in [9.17, 15) is 9.18 Å². The molecule has 0 bridgehead atoms. The first-order valence-electron chi connectivity index (χ1n) is 9.69. The number of piperazine rings is 1. The van der Waals surface area contributed by atoms with E-state index in [4.69, 9.17) is 0 Å². The number of nitrogens with one attached hydrogen (secondary N) is 1. The summed E-state index contributed by atoms with van der Waals surface area (Å²) < 4.78 is 13.1. The van der Waals surface area contributed by atoms with Crippen molar-refractivity contribution < 1.29 is 9.18 Å². The van der Waals surface area contributed by atoms with Crippen molar-refractivity contribution in [3.8, 4) is 0 Å². The van der Waals surface area contributed by atoms with Crippen LogP contribution in [0.4, 0.5) is 4.39 Å². The second-order valence-corrected chi connectivity index (χ2v) is 7.08. The summed E-state index contributed by atoms with van der Waals surface area (Å²) in [7, 11) is 0. The Kier molecular flexibility index (Phi) is 7.36. The van der Waals surface area contributed by atoms with Crippen LogP contribution in [0, 0.1) is 5.82 Å². The van der Waals surface area contributed by atoms with Gasteiger partial charge in [0.15, 0.2) is 0 Å². The summed E-state index contributed by atoms with van der Waals surface area (Å²) >= 11 is 0. The van der Waals surface area contributed by atoms with Gasteiger partial charge in [0.2, 0.25) is 5.91 Å². The molecule has 1 aliphatic heterocycles. The first-order chi connectivity index (χ1) is 13.2. The van der Waals surface area contributed by atoms with Crippen LogP contribution in [0.25, 0.3) is 0 Å². The second kappa shape index (κ2) is 10.2. The summed E-state index contributed by atoms with van der Waals surface area (Å²) in [6.07, 6.45) is 0.968. The van der Waals surface area contributed by atoms with Crippen LogP contribution in [-0.2, 0) is 17.8 Å². The lowest BCUT2D eigenvalue weighted by atomic mass is 10.1.